The number of alkyl halides is 3. The molecule has 0 aliphatic carbocycles. The number of benzene rings is 1. The minimum Gasteiger partial charge on any atom is -0.385 e. The van der Waals surface area contributed by atoms with E-state index in [2.05, 4.69) is 20.3 Å². The summed E-state index contributed by atoms with van der Waals surface area (Å²) in [5.41, 5.74) is -1.00. The van der Waals surface area contributed by atoms with Gasteiger partial charge in [-0.1, -0.05) is 6.07 Å². The first-order valence-electron chi connectivity index (χ1n) is 11.7. The van der Waals surface area contributed by atoms with Gasteiger partial charge in [0.1, 0.15) is 11.9 Å². The van der Waals surface area contributed by atoms with E-state index in [9.17, 15) is 27.1 Å². The highest BCUT2D eigenvalue weighted by atomic mass is 19.4. The van der Waals surface area contributed by atoms with E-state index >= 15 is 0 Å². The van der Waals surface area contributed by atoms with Crippen LogP contribution in [0.15, 0.2) is 36.5 Å². The van der Waals surface area contributed by atoms with Crippen LogP contribution >= 0.6 is 0 Å². The fraction of sp³-hybridized carbons (Fsp3) is 0.400. The first kappa shape index (κ1) is 26.8. The number of hydrogen-bond donors (Lipinski definition) is 2. The number of pyridine rings is 1. The van der Waals surface area contributed by atoms with E-state index in [0.29, 0.717) is 38.3 Å². The summed E-state index contributed by atoms with van der Waals surface area (Å²) in [7, 11) is 3.57. The van der Waals surface area contributed by atoms with Crippen molar-refractivity contribution in [2.75, 3.05) is 51.7 Å². The van der Waals surface area contributed by atoms with Gasteiger partial charge in [-0.15, -0.1) is 0 Å². The molecule has 7 nitrogen and oxygen atoms in total. The lowest BCUT2D eigenvalue weighted by atomic mass is 10.0. The molecular weight excluding hydrogens is 495 g/mol. The second-order valence-electron chi connectivity index (χ2n) is 9.03. The van der Waals surface area contributed by atoms with Gasteiger partial charge in [0.2, 0.25) is 0 Å². The molecule has 0 radical (unpaired) electrons. The number of hydrogen-bond acceptors (Lipinski definition) is 7. The summed E-state index contributed by atoms with van der Waals surface area (Å²) in [5, 5.41) is 13.8. The van der Waals surface area contributed by atoms with Crippen LogP contribution in [0.4, 0.5) is 27.8 Å². The molecule has 1 saturated heterocycles. The minimum atomic E-state index is -4.88. The molecule has 0 spiro atoms. The number of piperazine rings is 1. The third-order valence-electron chi connectivity index (χ3n) is 6.01. The topological polar surface area (TPSA) is 77.4 Å². The molecular formula is C25H27F5N6O. The minimum absolute atomic E-state index is 0.0117. The quantitative estimate of drug-likeness (QED) is 0.456. The second-order valence-corrected chi connectivity index (χ2v) is 9.03. The van der Waals surface area contributed by atoms with E-state index in [0.717, 1.165) is 12.1 Å². The van der Waals surface area contributed by atoms with Crippen molar-refractivity contribution in [3.63, 3.8) is 0 Å². The highest BCUT2D eigenvalue weighted by Gasteiger charge is 2.40. The zero-order valence-corrected chi connectivity index (χ0v) is 20.4. The number of nitrogens with zero attached hydrogens (tertiary/aromatic N) is 5. The molecule has 1 aromatic carbocycles. The van der Waals surface area contributed by atoms with Crippen molar-refractivity contribution in [3.8, 4) is 22.4 Å². The largest absolute Gasteiger partial charge is 0.434 e. The van der Waals surface area contributed by atoms with Gasteiger partial charge in [-0.05, 0) is 55.9 Å². The van der Waals surface area contributed by atoms with E-state index < -0.39 is 29.6 Å². The van der Waals surface area contributed by atoms with Crippen LogP contribution in [0.5, 0.6) is 0 Å². The van der Waals surface area contributed by atoms with Crippen molar-refractivity contribution in [1.29, 1.82) is 0 Å². The smallest absolute Gasteiger partial charge is 0.385 e. The fourth-order valence-electron chi connectivity index (χ4n) is 4.09. The van der Waals surface area contributed by atoms with Crippen LogP contribution in [0.1, 0.15) is 24.0 Å². The number of halogens is 5. The number of nitrogens with one attached hydrogen (secondary N) is 1. The average molecular weight is 523 g/mol. The Bertz CT molecular complexity index is 1250. The molecule has 0 bridgehead atoms. The van der Waals surface area contributed by atoms with Gasteiger partial charge in [0.25, 0.3) is 0 Å². The Hall–Kier alpha value is -3.22. The summed E-state index contributed by atoms with van der Waals surface area (Å²) in [6.45, 7) is 2.26. The van der Waals surface area contributed by atoms with Gasteiger partial charge in [-0.25, -0.2) is 18.7 Å². The van der Waals surface area contributed by atoms with Gasteiger partial charge < -0.3 is 20.2 Å². The van der Waals surface area contributed by atoms with Crippen LogP contribution in [0, 0.1) is 11.6 Å². The Morgan fingerprint density at radius 3 is 2.38 bits per heavy atom. The van der Waals surface area contributed by atoms with Crippen molar-refractivity contribution in [2.24, 2.45) is 0 Å². The summed E-state index contributed by atoms with van der Waals surface area (Å²) >= 11 is 0. The zero-order chi connectivity index (χ0) is 26.7. The van der Waals surface area contributed by atoms with E-state index in [4.69, 9.17) is 0 Å². The molecule has 0 saturated carbocycles. The number of aliphatic hydroxyl groups excluding tert-OH is 1. The highest BCUT2D eigenvalue weighted by molar-refractivity contribution is 5.79. The first-order valence-corrected chi connectivity index (χ1v) is 11.7. The lowest BCUT2D eigenvalue weighted by Crippen LogP contribution is -2.44. The lowest BCUT2D eigenvalue weighted by molar-refractivity contribution is -0.141. The average Bonchev–Trinajstić information content (AvgIpc) is 2.88. The van der Waals surface area contributed by atoms with Crippen molar-refractivity contribution >= 4 is 5.82 Å². The SMILES string of the molecule is CN(C)CCC(O)c1nc(N2CCNCC2)c(-c2cc(-c3ccc(F)c(F)c3)ccn2)c(C(F)(F)F)n1. The third kappa shape index (κ3) is 6.20. The second kappa shape index (κ2) is 11.0. The molecule has 1 fully saturated rings. The molecule has 37 heavy (non-hydrogen) atoms. The van der Waals surface area contributed by atoms with Gasteiger partial charge in [0, 0.05) is 38.9 Å². The fourth-order valence-corrected chi connectivity index (χ4v) is 4.09. The molecule has 2 aromatic heterocycles. The van der Waals surface area contributed by atoms with E-state index in [1.54, 1.807) is 23.9 Å². The predicted octanol–water partition coefficient (Wildman–Crippen LogP) is 3.90. The summed E-state index contributed by atoms with van der Waals surface area (Å²) < 4.78 is 70.6. The van der Waals surface area contributed by atoms with Gasteiger partial charge in [0.15, 0.2) is 23.2 Å². The molecule has 0 amide bonds. The summed E-state index contributed by atoms with van der Waals surface area (Å²) in [4.78, 5) is 15.9. The zero-order valence-electron chi connectivity index (χ0n) is 20.4. The van der Waals surface area contributed by atoms with Crippen LogP contribution in [0.2, 0.25) is 0 Å². The van der Waals surface area contributed by atoms with E-state index in [-0.39, 0.29) is 34.9 Å². The molecule has 3 heterocycles. The highest BCUT2D eigenvalue weighted by Crippen LogP contribution is 2.41. The summed E-state index contributed by atoms with van der Waals surface area (Å²) in [6.07, 6.45) is -4.74. The molecule has 1 atom stereocenters. The van der Waals surface area contributed by atoms with Crippen molar-refractivity contribution in [1.82, 2.24) is 25.2 Å². The summed E-state index contributed by atoms with van der Waals surface area (Å²) in [6, 6.07) is 6.12. The summed E-state index contributed by atoms with van der Waals surface area (Å²) in [5.74, 6) is -2.41. The molecule has 4 rings (SSSR count). The normalized spacial score (nSPS) is 15.3. The van der Waals surface area contributed by atoms with Crippen molar-refractivity contribution in [3.05, 3.63) is 59.7 Å². The lowest BCUT2D eigenvalue weighted by Gasteiger charge is -2.31. The Morgan fingerprint density at radius 1 is 1.03 bits per heavy atom. The standard InChI is InChI=1S/C25H27F5N6O/c1-35(2)10-6-20(37)23-33-22(25(28,29)30)21(24(34-23)36-11-8-31-9-12-36)19-14-16(5-7-32-19)15-3-4-17(26)18(27)13-15/h3-5,7,13-14,20,31,37H,6,8-12H2,1-2H3. The maximum absolute atomic E-state index is 14.4. The van der Waals surface area contributed by atoms with Crippen molar-refractivity contribution in [2.45, 2.75) is 18.7 Å². The van der Waals surface area contributed by atoms with Crippen LogP contribution in [0.25, 0.3) is 22.4 Å². The van der Waals surface area contributed by atoms with E-state index in [1.165, 1.54) is 24.4 Å². The van der Waals surface area contributed by atoms with Gasteiger partial charge in [-0.2, -0.15) is 13.2 Å². The molecule has 1 unspecified atom stereocenters. The molecule has 1 aliphatic rings. The molecule has 3 aromatic rings. The maximum Gasteiger partial charge on any atom is 0.434 e. The van der Waals surface area contributed by atoms with Crippen LogP contribution in [0.3, 0.4) is 0 Å². The van der Waals surface area contributed by atoms with Gasteiger partial charge >= 0.3 is 6.18 Å². The van der Waals surface area contributed by atoms with E-state index in [1.807, 2.05) is 0 Å². The Kier molecular flexibility index (Phi) is 8.00. The van der Waals surface area contributed by atoms with Gasteiger partial charge in [0.05, 0.1) is 11.3 Å². The van der Waals surface area contributed by atoms with Gasteiger partial charge in [-0.3, -0.25) is 4.98 Å². The third-order valence-corrected chi connectivity index (χ3v) is 6.01. The Labute approximate surface area is 211 Å². The van der Waals surface area contributed by atoms with Crippen LogP contribution in [-0.4, -0.2) is 71.8 Å². The molecule has 12 heteroatoms. The number of aromatic nitrogens is 3. The van der Waals surface area contributed by atoms with Crippen molar-refractivity contribution < 1.29 is 27.1 Å². The van der Waals surface area contributed by atoms with Crippen LogP contribution < -0.4 is 10.2 Å². The predicted molar refractivity (Wildman–Crippen MR) is 129 cm³/mol. The molecule has 1 aliphatic heterocycles. The monoisotopic (exact) mass is 522 g/mol. The Balaban J connectivity index is 1.90. The first-order chi connectivity index (χ1) is 17.5. The Morgan fingerprint density at radius 2 is 1.73 bits per heavy atom. The molecule has 198 valence electrons. The number of rotatable bonds is 7. The number of aliphatic hydroxyl groups is 1. The number of anilines is 1. The van der Waals surface area contributed by atoms with Crippen LogP contribution in [-0.2, 0) is 6.18 Å². The maximum atomic E-state index is 14.4. The molecule has 2 N–H and O–H groups in total.